The Kier molecular flexibility index (Phi) is 6.27. The van der Waals surface area contributed by atoms with Crippen molar-refractivity contribution in [3.05, 3.63) is 88.1 Å². The molecule has 0 saturated heterocycles. The Morgan fingerprint density at radius 2 is 1.77 bits per heavy atom. The van der Waals surface area contributed by atoms with E-state index in [4.69, 9.17) is 21.4 Å². The first-order valence-corrected chi connectivity index (χ1v) is 9.05. The first kappa shape index (κ1) is 21.2. The number of amides is 1. The first-order valence-electron chi connectivity index (χ1n) is 8.67. The summed E-state index contributed by atoms with van der Waals surface area (Å²) in [5.74, 6) is -4.64. The van der Waals surface area contributed by atoms with Gasteiger partial charge in [-0.05, 0) is 42.8 Å². The van der Waals surface area contributed by atoms with E-state index < -0.39 is 35.3 Å². The van der Waals surface area contributed by atoms with Crippen molar-refractivity contribution in [2.75, 3.05) is 0 Å². The predicted octanol–water partition coefficient (Wildman–Crippen LogP) is 4.99. The van der Waals surface area contributed by atoms with E-state index in [-0.39, 0.29) is 22.0 Å². The van der Waals surface area contributed by atoms with E-state index in [1.54, 1.807) is 19.1 Å². The average Bonchev–Trinajstić information content (AvgIpc) is 2.71. The fourth-order valence-electron chi connectivity index (χ4n) is 2.62. The molecule has 9 heteroatoms. The molecular weight excluding hydrogens is 418 g/mol. The van der Waals surface area contributed by atoms with Crippen LogP contribution in [0.25, 0.3) is 0 Å². The molecule has 0 radical (unpaired) electrons. The van der Waals surface area contributed by atoms with Crippen LogP contribution in [0.5, 0.6) is 11.6 Å². The van der Waals surface area contributed by atoms with Crippen LogP contribution in [-0.2, 0) is 0 Å². The van der Waals surface area contributed by atoms with Crippen LogP contribution in [0, 0.1) is 11.6 Å². The molecule has 0 aliphatic carbocycles. The van der Waals surface area contributed by atoms with Gasteiger partial charge in [-0.2, -0.15) is 0 Å². The van der Waals surface area contributed by atoms with E-state index in [0.29, 0.717) is 5.56 Å². The molecule has 0 saturated carbocycles. The summed E-state index contributed by atoms with van der Waals surface area (Å²) in [6.07, 6.45) is 1.18. The summed E-state index contributed by atoms with van der Waals surface area (Å²) < 4.78 is 33.0. The molecule has 3 aromatic rings. The number of nitrogens with zero attached hydrogens (tertiary/aromatic N) is 1. The SMILES string of the molecule is CC(NC(=O)c1cc(Cl)cnc1Oc1c(F)cccc1F)c1ccc(C(=O)O)cc1. The highest BCUT2D eigenvalue weighted by molar-refractivity contribution is 6.30. The maximum absolute atomic E-state index is 13.9. The van der Waals surface area contributed by atoms with Gasteiger partial charge in [-0.25, -0.2) is 18.6 Å². The lowest BCUT2D eigenvalue weighted by molar-refractivity contribution is 0.0696. The van der Waals surface area contributed by atoms with Crippen LogP contribution in [0.1, 0.15) is 39.2 Å². The summed E-state index contributed by atoms with van der Waals surface area (Å²) in [6.45, 7) is 1.68. The number of carboxylic acids is 1. The number of para-hydroxylation sites is 1. The lowest BCUT2D eigenvalue weighted by Gasteiger charge is -2.16. The second-order valence-corrected chi connectivity index (χ2v) is 6.72. The van der Waals surface area contributed by atoms with Gasteiger partial charge < -0.3 is 15.2 Å². The van der Waals surface area contributed by atoms with Crippen molar-refractivity contribution in [3.8, 4) is 11.6 Å². The molecule has 1 heterocycles. The van der Waals surface area contributed by atoms with Gasteiger partial charge in [-0.3, -0.25) is 4.79 Å². The van der Waals surface area contributed by atoms with Crippen molar-refractivity contribution >= 4 is 23.5 Å². The van der Waals surface area contributed by atoms with Crippen molar-refractivity contribution in [2.45, 2.75) is 13.0 Å². The zero-order valence-electron chi connectivity index (χ0n) is 15.5. The number of halogens is 3. The lowest BCUT2D eigenvalue weighted by atomic mass is 10.1. The van der Waals surface area contributed by atoms with Crippen molar-refractivity contribution in [3.63, 3.8) is 0 Å². The van der Waals surface area contributed by atoms with Crippen LogP contribution in [-0.4, -0.2) is 22.0 Å². The van der Waals surface area contributed by atoms with E-state index in [1.807, 2.05) is 0 Å². The number of carbonyl (C=O) groups excluding carboxylic acids is 1. The molecule has 0 fully saturated rings. The third-order valence-electron chi connectivity index (χ3n) is 4.19. The van der Waals surface area contributed by atoms with E-state index in [9.17, 15) is 18.4 Å². The Morgan fingerprint density at radius 1 is 1.13 bits per heavy atom. The quantitative estimate of drug-likeness (QED) is 0.572. The van der Waals surface area contributed by atoms with Gasteiger partial charge in [0, 0.05) is 6.20 Å². The number of ether oxygens (including phenoxy) is 1. The minimum absolute atomic E-state index is 0.110. The Hall–Kier alpha value is -3.52. The molecule has 0 aliphatic rings. The molecule has 30 heavy (non-hydrogen) atoms. The molecule has 0 aliphatic heterocycles. The summed E-state index contributed by atoms with van der Waals surface area (Å²) >= 11 is 5.93. The summed E-state index contributed by atoms with van der Waals surface area (Å²) in [7, 11) is 0. The van der Waals surface area contributed by atoms with Crippen LogP contribution >= 0.6 is 11.6 Å². The van der Waals surface area contributed by atoms with Crippen LogP contribution in [0.15, 0.2) is 54.7 Å². The lowest BCUT2D eigenvalue weighted by Crippen LogP contribution is -2.27. The molecule has 2 N–H and O–H groups in total. The van der Waals surface area contributed by atoms with Crippen LogP contribution in [0.3, 0.4) is 0 Å². The molecule has 154 valence electrons. The number of carbonyl (C=O) groups is 2. The Morgan fingerprint density at radius 3 is 2.37 bits per heavy atom. The van der Waals surface area contributed by atoms with Gasteiger partial charge in [0.25, 0.3) is 5.91 Å². The normalized spacial score (nSPS) is 11.6. The first-order chi connectivity index (χ1) is 14.3. The number of aromatic carboxylic acids is 1. The molecular formula is C21H15ClF2N2O4. The standard InChI is InChI=1S/C21H15ClF2N2O4/c1-11(12-5-7-13(8-6-12)21(28)29)26-19(27)15-9-14(22)10-25-20(15)30-18-16(23)3-2-4-17(18)24/h2-11H,1H3,(H,26,27)(H,28,29). The van der Waals surface area contributed by atoms with Crippen molar-refractivity contribution in [2.24, 2.45) is 0 Å². The number of hydrogen-bond acceptors (Lipinski definition) is 4. The predicted molar refractivity (Wildman–Crippen MR) is 105 cm³/mol. The number of benzene rings is 2. The highest BCUT2D eigenvalue weighted by Gasteiger charge is 2.21. The third-order valence-corrected chi connectivity index (χ3v) is 4.39. The number of pyridine rings is 1. The molecule has 0 bridgehead atoms. The molecule has 3 rings (SSSR count). The van der Waals surface area contributed by atoms with Crippen LogP contribution in [0.4, 0.5) is 8.78 Å². The number of hydrogen-bond donors (Lipinski definition) is 2. The summed E-state index contributed by atoms with van der Waals surface area (Å²) in [4.78, 5) is 27.6. The van der Waals surface area contributed by atoms with Gasteiger partial charge in [-0.15, -0.1) is 0 Å². The maximum atomic E-state index is 13.9. The fourth-order valence-corrected chi connectivity index (χ4v) is 2.78. The Labute approximate surface area is 175 Å². The smallest absolute Gasteiger partial charge is 0.335 e. The van der Waals surface area contributed by atoms with Gasteiger partial charge in [-0.1, -0.05) is 29.8 Å². The van der Waals surface area contributed by atoms with Crippen molar-refractivity contribution in [1.29, 1.82) is 0 Å². The van der Waals surface area contributed by atoms with Crippen molar-refractivity contribution < 1.29 is 28.2 Å². The largest absolute Gasteiger partial charge is 0.478 e. The zero-order valence-corrected chi connectivity index (χ0v) is 16.3. The summed E-state index contributed by atoms with van der Waals surface area (Å²) in [5.41, 5.74) is 0.629. The van der Waals surface area contributed by atoms with E-state index >= 15 is 0 Å². The molecule has 0 spiro atoms. The minimum Gasteiger partial charge on any atom is -0.478 e. The summed E-state index contributed by atoms with van der Waals surface area (Å²) in [5, 5.41) is 11.8. The van der Waals surface area contributed by atoms with Crippen LogP contribution in [0.2, 0.25) is 5.02 Å². The van der Waals surface area contributed by atoms with Gasteiger partial charge in [0.1, 0.15) is 5.56 Å². The number of carboxylic acid groups (broad SMARTS) is 1. The zero-order chi connectivity index (χ0) is 21.8. The fraction of sp³-hybridized carbons (Fsp3) is 0.0952. The molecule has 1 aromatic heterocycles. The maximum Gasteiger partial charge on any atom is 0.335 e. The van der Waals surface area contributed by atoms with Crippen molar-refractivity contribution in [1.82, 2.24) is 10.3 Å². The number of rotatable bonds is 6. The van der Waals surface area contributed by atoms with E-state index in [1.165, 1.54) is 30.5 Å². The summed E-state index contributed by atoms with van der Waals surface area (Å²) in [6, 6.07) is 9.91. The molecule has 2 aromatic carbocycles. The third kappa shape index (κ3) is 4.72. The molecule has 1 atom stereocenters. The molecule has 1 amide bonds. The topological polar surface area (TPSA) is 88.5 Å². The average molecular weight is 433 g/mol. The Bertz CT molecular complexity index is 1090. The highest BCUT2D eigenvalue weighted by Crippen LogP contribution is 2.30. The van der Waals surface area contributed by atoms with Gasteiger partial charge in [0.2, 0.25) is 11.6 Å². The van der Waals surface area contributed by atoms with Crippen LogP contribution < -0.4 is 10.1 Å². The molecule has 1 unspecified atom stereocenters. The highest BCUT2D eigenvalue weighted by atomic mass is 35.5. The van der Waals surface area contributed by atoms with Gasteiger partial charge >= 0.3 is 5.97 Å². The van der Waals surface area contributed by atoms with E-state index in [0.717, 1.165) is 12.1 Å². The number of nitrogens with one attached hydrogen (secondary N) is 1. The van der Waals surface area contributed by atoms with Gasteiger partial charge in [0.15, 0.2) is 11.6 Å². The minimum atomic E-state index is -1.06. The van der Waals surface area contributed by atoms with E-state index in [2.05, 4.69) is 10.3 Å². The number of aromatic nitrogens is 1. The second kappa shape index (κ2) is 8.87. The second-order valence-electron chi connectivity index (χ2n) is 6.28. The molecule has 6 nitrogen and oxygen atoms in total. The monoisotopic (exact) mass is 432 g/mol. The Balaban J connectivity index is 1.85. The van der Waals surface area contributed by atoms with Gasteiger partial charge in [0.05, 0.1) is 16.6 Å².